The van der Waals surface area contributed by atoms with Crippen molar-refractivity contribution in [2.24, 2.45) is 0 Å². The summed E-state index contributed by atoms with van der Waals surface area (Å²) in [7, 11) is 0. The number of para-hydroxylation sites is 1. The van der Waals surface area contributed by atoms with Crippen molar-refractivity contribution in [2.45, 2.75) is 11.8 Å². The minimum Gasteiger partial charge on any atom is -0.489 e. The summed E-state index contributed by atoms with van der Waals surface area (Å²) in [6, 6.07) is 13.8. The summed E-state index contributed by atoms with van der Waals surface area (Å²) in [6.07, 6.45) is 4.26. The Kier molecular flexibility index (Phi) is 5.54. The van der Waals surface area contributed by atoms with Crippen LogP contribution >= 0.6 is 11.8 Å². The van der Waals surface area contributed by atoms with Crippen molar-refractivity contribution in [2.75, 3.05) is 18.9 Å². The van der Waals surface area contributed by atoms with Crippen molar-refractivity contribution in [1.29, 1.82) is 0 Å². The normalized spacial score (nSPS) is 17.1. The number of hydrogen-bond donors (Lipinski definition) is 0. The number of amides is 1. The van der Waals surface area contributed by atoms with E-state index < -0.39 is 0 Å². The lowest BCUT2D eigenvalue weighted by atomic mass is 10.1. The van der Waals surface area contributed by atoms with Crippen molar-refractivity contribution in [3.05, 3.63) is 72.6 Å². The van der Waals surface area contributed by atoms with Gasteiger partial charge in [0, 0.05) is 30.4 Å². The van der Waals surface area contributed by atoms with Gasteiger partial charge in [-0.1, -0.05) is 36.9 Å². The van der Waals surface area contributed by atoms with Gasteiger partial charge in [-0.05, 0) is 18.2 Å². The zero-order chi connectivity index (χ0) is 16.8. The van der Waals surface area contributed by atoms with Gasteiger partial charge in [-0.25, -0.2) is 0 Å². The lowest BCUT2D eigenvalue weighted by Gasteiger charge is -2.25. The summed E-state index contributed by atoms with van der Waals surface area (Å²) in [5, 5.41) is -0.0118. The fraction of sp³-hybridized carbons (Fsp3) is 0.263. The molecular formula is C19H20N2O2S. The molecule has 1 saturated heterocycles. The Morgan fingerprint density at radius 3 is 2.92 bits per heavy atom. The first-order chi connectivity index (χ1) is 11.8. The molecule has 0 bridgehead atoms. The third-order valence-electron chi connectivity index (χ3n) is 3.84. The highest BCUT2D eigenvalue weighted by atomic mass is 32.2. The molecule has 1 atom stereocenters. The van der Waals surface area contributed by atoms with Crippen LogP contribution in [0.4, 0.5) is 0 Å². The Balaban J connectivity index is 1.76. The van der Waals surface area contributed by atoms with Gasteiger partial charge in [0.05, 0.1) is 5.75 Å². The summed E-state index contributed by atoms with van der Waals surface area (Å²) in [4.78, 5) is 18.6. The third kappa shape index (κ3) is 3.79. The highest BCUT2D eigenvalue weighted by molar-refractivity contribution is 8.00. The SMILES string of the molecule is C=CCOc1ccccc1C1SCC(=O)N1CCc1ccccn1. The summed E-state index contributed by atoms with van der Waals surface area (Å²) >= 11 is 1.64. The van der Waals surface area contributed by atoms with E-state index in [1.54, 1.807) is 24.0 Å². The van der Waals surface area contributed by atoms with Gasteiger partial charge in [-0.15, -0.1) is 11.8 Å². The molecule has 1 aromatic carbocycles. The molecule has 1 aromatic heterocycles. The number of thioether (sulfide) groups is 1. The van der Waals surface area contributed by atoms with Gasteiger partial charge in [0.25, 0.3) is 0 Å². The van der Waals surface area contributed by atoms with Gasteiger partial charge in [-0.3, -0.25) is 9.78 Å². The van der Waals surface area contributed by atoms with Gasteiger partial charge < -0.3 is 9.64 Å². The van der Waals surface area contributed by atoms with E-state index in [0.29, 0.717) is 18.9 Å². The number of benzene rings is 1. The topological polar surface area (TPSA) is 42.4 Å². The number of hydrogen-bond acceptors (Lipinski definition) is 4. The van der Waals surface area contributed by atoms with Crippen molar-refractivity contribution < 1.29 is 9.53 Å². The average molecular weight is 340 g/mol. The van der Waals surface area contributed by atoms with Crippen molar-refractivity contribution in [1.82, 2.24) is 9.88 Å². The third-order valence-corrected chi connectivity index (χ3v) is 5.08. The standard InChI is InChI=1S/C19H20N2O2S/c1-2-13-23-17-9-4-3-8-16(17)19-21(18(22)14-24-19)12-10-15-7-5-6-11-20-15/h2-9,11,19H,1,10,12-14H2. The molecule has 1 unspecified atom stereocenters. The van der Waals surface area contributed by atoms with Crippen molar-refractivity contribution >= 4 is 17.7 Å². The molecule has 4 nitrogen and oxygen atoms in total. The van der Waals surface area contributed by atoms with Crippen LogP contribution in [0, 0.1) is 0 Å². The van der Waals surface area contributed by atoms with Crippen LogP contribution in [0.25, 0.3) is 0 Å². The molecule has 2 heterocycles. The maximum Gasteiger partial charge on any atom is 0.233 e. The molecule has 0 saturated carbocycles. The molecule has 3 rings (SSSR count). The van der Waals surface area contributed by atoms with Crippen molar-refractivity contribution in [3.63, 3.8) is 0 Å². The predicted molar refractivity (Wildman–Crippen MR) is 97.0 cm³/mol. The number of rotatable bonds is 7. The van der Waals surface area contributed by atoms with E-state index in [4.69, 9.17) is 4.74 Å². The lowest BCUT2D eigenvalue weighted by molar-refractivity contribution is -0.128. The van der Waals surface area contributed by atoms with Gasteiger partial charge in [-0.2, -0.15) is 0 Å². The Morgan fingerprint density at radius 2 is 2.12 bits per heavy atom. The van der Waals surface area contributed by atoms with E-state index >= 15 is 0 Å². The number of nitrogens with zero attached hydrogens (tertiary/aromatic N) is 2. The second-order valence-corrected chi connectivity index (χ2v) is 6.53. The van der Waals surface area contributed by atoms with Crippen LogP contribution in [-0.4, -0.2) is 34.7 Å². The predicted octanol–water partition coefficient (Wildman–Crippen LogP) is 3.46. The Bertz CT molecular complexity index is 706. The smallest absolute Gasteiger partial charge is 0.233 e. The monoisotopic (exact) mass is 340 g/mol. The van der Waals surface area contributed by atoms with Crippen LogP contribution < -0.4 is 4.74 Å². The van der Waals surface area contributed by atoms with E-state index in [0.717, 1.165) is 23.4 Å². The van der Waals surface area contributed by atoms with Crippen molar-refractivity contribution in [3.8, 4) is 5.75 Å². The first-order valence-corrected chi connectivity index (χ1v) is 8.98. The molecule has 1 aliphatic heterocycles. The van der Waals surface area contributed by atoms with Crippen LogP contribution in [0.2, 0.25) is 0 Å². The minimum absolute atomic E-state index is 0.0118. The Morgan fingerprint density at radius 1 is 1.29 bits per heavy atom. The molecule has 24 heavy (non-hydrogen) atoms. The van der Waals surface area contributed by atoms with Crippen LogP contribution in [-0.2, 0) is 11.2 Å². The summed E-state index contributed by atoms with van der Waals surface area (Å²) < 4.78 is 5.76. The summed E-state index contributed by atoms with van der Waals surface area (Å²) in [6.45, 7) is 4.80. The maximum atomic E-state index is 12.3. The van der Waals surface area contributed by atoms with E-state index in [9.17, 15) is 4.79 Å². The average Bonchev–Trinajstić information content (AvgIpc) is 3.00. The molecule has 2 aromatic rings. The van der Waals surface area contributed by atoms with E-state index in [1.807, 2.05) is 47.4 Å². The van der Waals surface area contributed by atoms with Crippen LogP contribution in [0.3, 0.4) is 0 Å². The summed E-state index contributed by atoms with van der Waals surface area (Å²) in [5.41, 5.74) is 2.04. The number of aromatic nitrogens is 1. The fourth-order valence-corrected chi connectivity index (χ4v) is 3.94. The molecule has 0 spiro atoms. The number of pyridine rings is 1. The van der Waals surface area contributed by atoms with Gasteiger partial charge in [0.1, 0.15) is 17.7 Å². The summed E-state index contributed by atoms with van der Waals surface area (Å²) in [5.74, 6) is 1.48. The van der Waals surface area contributed by atoms with Gasteiger partial charge in [0.15, 0.2) is 0 Å². The molecule has 0 radical (unpaired) electrons. The Labute approximate surface area is 146 Å². The number of carbonyl (C=O) groups excluding carboxylic acids is 1. The highest BCUT2D eigenvalue weighted by Crippen LogP contribution is 2.42. The van der Waals surface area contributed by atoms with Gasteiger partial charge >= 0.3 is 0 Å². The second kappa shape index (κ2) is 8.02. The molecular weight excluding hydrogens is 320 g/mol. The molecule has 1 fully saturated rings. The largest absolute Gasteiger partial charge is 0.489 e. The number of ether oxygens (including phenoxy) is 1. The number of carbonyl (C=O) groups is 1. The zero-order valence-corrected chi connectivity index (χ0v) is 14.2. The highest BCUT2D eigenvalue weighted by Gasteiger charge is 2.34. The first-order valence-electron chi connectivity index (χ1n) is 7.93. The molecule has 5 heteroatoms. The molecule has 0 N–H and O–H groups in total. The fourth-order valence-electron chi connectivity index (χ4n) is 2.70. The van der Waals surface area contributed by atoms with E-state index in [1.165, 1.54) is 0 Å². The van der Waals surface area contributed by atoms with E-state index in [-0.39, 0.29) is 11.3 Å². The first kappa shape index (κ1) is 16.6. The quantitative estimate of drug-likeness (QED) is 0.724. The van der Waals surface area contributed by atoms with E-state index in [2.05, 4.69) is 11.6 Å². The molecule has 0 aliphatic carbocycles. The minimum atomic E-state index is -0.0118. The van der Waals surface area contributed by atoms with Crippen LogP contribution in [0.5, 0.6) is 5.75 Å². The molecule has 124 valence electrons. The zero-order valence-electron chi connectivity index (χ0n) is 13.4. The van der Waals surface area contributed by atoms with Crippen LogP contribution in [0.1, 0.15) is 16.6 Å². The second-order valence-electron chi connectivity index (χ2n) is 5.46. The van der Waals surface area contributed by atoms with Crippen LogP contribution in [0.15, 0.2) is 61.3 Å². The Hall–Kier alpha value is -2.27. The maximum absolute atomic E-state index is 12.3. The molecule has 1 aliphatic rings. The lowest BCUT2D eigenvalue weighted by Crippen LogP contribution is -2.30. The van der Waals surface area contributed by atoms with Gasteiger partial charge in [0.2, 0.25) is 5.91 Å². The molecule has 1 amide bonds.